The van der Waals surface area contributed by atoms with Gasteiger partial charge in [-0.1, -0.05) is 13.0 Å². The highest BCUT2D eigenvalue weighted by Crippen LogP contribution is 2.08. The van der Waals surface area contributed by atoms with Gasteiger partial charge in [0.05, 0.1) is 0 Å². The first-order valence-corrected chi connectivity index (χ1v) is 6.77. The van der Waals surface area contributed by atoms with Crippen LogP contribution in [0.1, 0.15) is 27.2 Å². The summed E-state index contributed by atoms with van der Waals surface area (Å²) in [4.78, 5) is 0. The number of rotatable bonds is 7. The minimum Gasteiger partial charge on any atom is -0.313 e. The van der Waals surface area contributed by atoms with E-state index in [0.29, 0.717) is 12.0 Å². The summed E-state index contributed by atoms with van der Waals surface area (Å²) in [6.45, 7) is 10.9. The van der Waals surface area contributed by atoms with Crippen LogP contribution in [0.3, 0.4) is 0 Å². The molecule has 0 aromatic heterocycles. The number of allylic oxidation sites excluding steroid dienone is 1. The lowest BCUT2D eigenvalue weighted by Gasteiger charge is -2.21. The molecule has 0 spiro atoms. The molecule has 0 rings (SSSR count). The SMILES string of the molecule is C=CCC(C)C(C)NCC(C)S(C)=O. The molecule has 4 unspecified atom stereocenters. The molecule has 0 aromatic rings. The lowest BCUT2D eigenvalue weighted by molar-refractivity contribution is 0.405. The maximum absolute atomic E-state index is 11.1. The van der Waals surface area contributed by atoms with Gasteiger partial charge < -0.3 is 5.32 Å². The van der Waals surface area contributed by atoms with Crippen molar-refractivity contribution in [2.24, 2.45) is 5.92 Å². The van der Waals surface area contributed by atoms with Gasteiger partial charge in [-0.25, -0.2) is 0 Å². The highest BCUT2D eigenvalue weighted by atomic mass is 32.2. The van der Waals surface area contributed by atoms with Crippen LogP contribution in [0.4, 0.5) is 0 Å². The van der Waals surface area contributed by atoms with E-state index in [4.69, 9.17) is 0 Å². The van der Waals surface area contributed by atoms with Crippen LogP contribution in [-0.2, 0) is 10.8 Å². The molecule has 84 valence electrons. The Morgan fingerprint density at radius 2 is 2.00 bits per heavy atom. The third kappa shape index (κ3) is 5.55. The Labute approximate surface area is 90.6 Å². The largest absolute Gasteiger partial charge is 0.313 e. The normalized spacial score (nSPS) is 19.7. The Kier molecular flexibility index (Phi) is 7.11. The van der Waals surface area contributed by atoms with Crippen LogP contribution in [0.5, 0.6) is 0 Å². The maximum Gasteiger partial charge on any atom is 0.0441 e. The first kappa shape index (κ1) is 13.8. The van der Waals surface area contributed by atoms with E-state index in [9.17, 15) is 4.21 Å². The molecule has 1 N–H and O–H groups in total. The summed E-state index contributed by atoms with van der Waals surface area (Å²) in [5.41, 5.74) is 0. The number of hydrogen-bond donors (Lipinski definition) is 1. The molecule has 0 aliphatic heterocycles. The number of nitrogens with one attached hydrogen (secondary N) is 1. The van der Waals surface area contributed by atoms with Crippen molar-refractivity contribution in [3.8, 4) is 0 Å². The molecule has 0 aliphatic rings. The molecule has 0 amide bonds. The van der Waals surface area contributed by atoms with Crippen LogP contribution in [-0.4, -0.2) is 28.3 Å². The minimum atomic E-state index is -0.726. The van der Waals surface area contributed by atoms with Gasteiger partial charge in [-0.15, -0.1) is 6.58 Å². The third-order valence-electron chi connectivity index (χ3n) is 2.69. The van der Waals surface area contributed by atoms with Gasteiger partial charge >= 0.3 is 0 Å². The summed E-state index contributed by atoms with van der Waals surface area (Å²) in [5.74, 6) is 0.588. The fourth-order valence-electron chi connectivity index (χ4n) is 1.14. The van der Waals surface area contributed by atoms with Crippen molar-refractivity contribution in [2.45, 2.75) is 38.5 Å². The molecule has 0 heterocycles. The molecule has 3 heteroatoms. The standard InChI is InChI=1S/C11H23NOS/c1-6-7-9(2)11(4)12-8-10(3)14(5)13/h6,9-12H,1,7-8H2,2-5H3. The Bertz CT molecular complexity index is 194. The molecule has 0 aliphatic carbocycles. The van der Waals surface area contributed by atoms with Crippen LogP contribution in [0.2, 0.25) is 0 Å². The molecule has 0 radical (unpaired) electrons. The van der Waals surface area contributed by atoms with Gasteiger partial charge in [0.1, 0.15) is 0 Å². The average Bonchev–Trinajstić information content (AvgIpc) is 2.13. The summed E-state index contributed by atoms with van der Waals surface area (Å²) in [6, 6.07) is 0.457. The van der Waals surface area contributed by atoms with Gasteiger partial charge in [-0.05, 0) is 26.2 Å². The highest BCUT2D eigenvalue weighted by Gasteiger charge is 2.12. The quantitative estimate of drug-likeness (QED) is 0.660. The van der Waals surface area contributed by atoms with Gasteiger partial charge in [0.2, 0.25) is 0 Å². The molecule has 0 saturated carbocycles. The van der Waals surface area contributed by atoms with Gasteiger partial charge in [0.25, 0.3) is 0 Å². The van der Waals surface area contributed by atoms with Crippen LogP contribution in [0.25, 0.3) is 0 Å². The van der Waals surface area contributed by atoms with Gasteiger partial charge in [-0.3, -0.25) is 4.21 Å². The van der Waals surface area contributed by atoms with Crippen molar-refractivity contribution < 1.29 is 4.21 Å². The van der Waals surface area contributed by atoms with Crippen molar-refractivity contribution in [2.75, 3.05) is 12.8 Å². The zero-order valence-electron chi connectivity index (χ0n) is 9.75. The molecule has 0 bridgehead atoms. The van der Waals surface area contributed by atoms with E-state index < -0.39 is 10.8 Å². The third-order valence-corrected chi connectivity index (χ3v) is 3.99. The second-order valence-corrected chi connectivity index (χ2v) is 5.81. The molecule has 14 heavy (non-hydrogen) atoms. The van der Waals surface area contributed by atoms with E-state index in [0.717, 1.165) is 13.0 Å². The van der Waals surface area contributed by atoms with Crippen LogP contribution >= 0.6 is 0 Å². The predicted octanol–water partition coefficient (Wildman–Crippen LogP) is 1.94. The van der Waals surface area contributed by atoms with E-state index in [-0.39, 0.29) is 5.25 Å². The van der Waals surface area contributed by atoms with Crippen molar-refractivity contribution in [3.05, 3.63) is 12.7 Å². The van der Waals surface area contributed by atoms with E-state index in [1.54, 1.807) is 6.26 Å². The predicted molar refractivity (Wildman–Crippen MR) is 65.0 cm³/mol. The summed E-state index contributed by atoms with van der Waals surface area (Å²) in [6.07, 6.45) is 4.73. The van der Waals surface area contributed by atoms with Gasteiger partial charge in [0.15, 0.2) is 0 Å². The second kappa shape index (κ2) is 7.18. The molecule has 2 nitrogen and oxygen atoms in total. The van der Waals surface area contributed by atoms with Crippen LogP contribution in [0.15, 0.2) is 12.7 Å². The average molecular weight is 217 g/mol. The summed E-state index contributed by atoms with van der Waals surface area (Å²) in [7, 11) is -0.726. The zero-order chi connectivity index (χ0) is 11.1. The summed E-state index contributed by atoms with van der Waals surface area (Å²) < 4.78 is 11.1. The fourth-order valence-corrected chi connectivity index (χ4v) is 1.47. The van der Waals surface area contributed by atoms with Crippen LogP contribution in [0, 0.1) is 5.92 Å². The van der Waals surface area contributed by atoms with Crippen LogP contribution < -0.4 is 5.32 Å². The first-order chi connectivity index (χ1) is 6.49. The van der Waals surface area contributed by atoms with E-state index in [1.807, 2.05) is 13.0 Å². The first-order valence-electron chi connectivity index (χ1n) is 5.15. The van der Waals surface area contributed by atoms with Crippen molar-refractivity contribution >= 4 is 10.8 Å². The van der Waals surface area contributed by atoms with E-state index in [2.05, 4.69) is 25.7 Å². The molecule has 4 atom stereocenters. The Hall–Kier alpha value is -0.150. The van der Waals surface area contributed by atoms with Gasteiger partial charge in [-0.2, -0.15) is 0 Å². The van der Waals surface area contributed by atoms with E-state index >= 15 is 0 Å². The lowest BCUT2D eigenvalue weighted by atomic mass is 10.00. The van der Waals surface area contributed by atoms with Gasteiger partial charge in [0, 0.05) is 34.9 Å². The highest BCUT2D eigenvalue weighted by molar-refractivity contribution is 7.84. The number of hydrogen-bond acceptors (Lipinski definition) is 2. The zero-order valence-corrected chi connectivity index (χ0v) is 10.6. The molecular formula is C11H23NOS. The Morgan fingerprint density at radius 1 is 1.43 bits per heavy atom. The Morgan fingerprint density at radius 3 is 2.43 bits per heavy atom. The monoisotopic (exact) mass is 217 g/mol. The summed E-state index contributed by atoms with van der Waals surface area (Å²) in [5, 5.41) is 3.64. The topological polar surface area (TPSA) is 29.1 Å². The Balaban J connectivity index is 3.77. The molecule has 0 saturated heterocycles. The van der Waals surface area contributed by atoms with Crippen molar-refractivity contribution in [1.82, 2.24) is 5.32 Å². The molecule has 0 aromatic carbocycles. The molecule has 0 fully saturated rings. The lowest BCUT2D eigenvalue weighted by Crippen LogP contribution is -2.37. The molecular weight excluding hydrogens is 194 g/mol. The van der Waals surface area contributed by atoms with E-state index in [1.165, 1.54) is 0 Å². The minimum absolute atomic E-state index is 0.230. The smallest absolute Gasteiger partial charge is 0.0441 e. The maximum atomic E-state index is 11.1. The second-order valence-electron chi connectivity index (χ2n) is 4.01. The fraction of sp³-hybridized carbons (Fsp3) is 0.818. The van der Waals surface area contributed by atoms with Crippen molar-refractivity contribution in [1.29, 1.82) is 0 Å². The van der Waals surface area contributed by atoms with Crippen molar-refractivity contribution in [3.63, 3.8) is 0 Å². The summed E-state index contributed by atoms with van der Waals surface area (Å²) >= 11 is 0.